The van der Waals surface area contributed by atoms with Gasteiger partial charge in [0, 0.05) is 0 Å². The van der Waals surface area contributed by atoms with E-state index in [0.717, 1.165) is 4.48 Å². The Balaban J connectivity index is -0.000000240. The number of quaternary nitrogens is 2. The molecule has 1 N–H and O–H groups in total. The molecule has 0 aromatic rings. The number of nitrogens with one attached hydrogen (secondary N) is 1. The van der Waals surface area contributed by atoms with E-state index in [9.17, 15) is 0 Å². The van der Waals surface area contributed by atoms with Crippen LogP contribution in [0.1, 0.15) is 71.1 Å². The minimum atomic E-state index is 0. The van der Waals surface area contributed by atoms with Gasteiger partial charge in [-0.15, -0.1) is 0 Å². The molecule has 0 aliphatic heterocycles. The number of rotatable bonds is 11. The standard InChI is InChI=1S/C15H34N.C3H9N.BrH.ClH/c1-5-6-7-8-9-10-11-12-13-14-15-16(2,3)4;1-4(2)3;;/h5-15H2,1-4H3;1-3H3;2*1H/q+1;;;/p-1. The van der Waals surface area contributed by atoms with Crippen LogP contribution in [0.25, 0.3) is 0 Å². The van der Waals surface area contributed by atoms with Gasteiger partial charge < -0.3 is 38.8 Å². The van der Waals surface area contributed by atoms with E-state index in [0.29, 0.717) is 0 Å². The van der Waals surface area contributed by atoms with E-state index >= 15 is 0 Å². The predicted molar refractivity (Wildman–Crippen MR) is 93.5 cm³/mol. The van der Waals surface area contributed by atoms with Gasteiger partial charge >= 0.3 is 0 Å². The molecule has 0 aromatic heterocycles. The monoisotopic (exact) mass is 402 g/mol. The molecule has 0 spiro atoms. The number of hydrogen-bond acceptors (Lipinski definition) is 0. The van der Waals surface area contributed by atoms with Crippen LogP contribution in [-0.2, 0) is 0 Å². The Labute approximate surface area is 158 Å². The van der Waals surface area contributed by atoms with Gasteiger partial charge in [0.25, 0.3) is 0 Å². The molecule has 140 valence electrons. The molecule has 0 aromatic carbocycles. The van der Waals surface area contributed by atoms with Crippen LogP contribution in [-0.4, -0.2) is 53.3 Å². The van der Waals surface area contributed by atoms with E-state index in [1.807, 2.05) is 0 Å². The van der Waals surface area contributed by atoms with Gasteiger partial charge in [-0.05, 0) is 12.8 Å². The zero-order chi connectivity index (χ0) is 15.9. The van der Waals surface area contributed by atoms with Crippen molar-refractivity contribution < 1.29 is 38.8 Å². The molecular weight excluding hydrogens is 360 g/mol. The van der Waals surface area contributed by atoms with Gasteiger partial charge in [-0.1, -0.05) is 58.3 Å². The third kappa shape index (κ3) is 42.8. The normalized spacial score (nSPS) is 10.4. The summed E-state index contributed by atoms with van der Waals surface area (Å²) in [6, 6.07) is 0. The fourth-order valence-electron chi connectivity index (χ4n) is 2.07. The van der Waals surface area contributed by atoms with Crippen molar-refractivity contribution in [3.63, 3.8) is 0 Å². The third-order valence-electron chi connectivity index (χ3n) is 3.18. The molecule has 0 atom stereocenters. The van der Waals surface area contributed by atoms with E-state index in [2.05, 4.69) is 49.2 Å². The second kappa shape index (κ2) is 21.7. The molecule has 4 heteroatoms. The molecule has 2 nitrogen and oxygen atoms in total. The minimum Gasteiger partial charge on any atom is -1.00 e. The quantitative estimate of drug-likeness (QED) is 0.285. The summed E-state index contributed by atoms with van der Waals surface area (Å²) < 4.78 is 1.12. The molecule has 0 rings (SSSR count). The highest BCUT2D eigenvalue weighted by molar-refractivity contribution is 4.47. The second-order valence-corrected chi connectivity index (χ2v) is 7.70. The van der Waals surface area contributed by atoms with E-state index in [-0.39, 0.29) is 29.4 Å². The Morgan fingerprint density at radius 2 is 0.909 bits per heavy atom. The van der Waals surface area contributed by atoms with Gasteiger partial charge in [-0.25, -0.2) is 0 Å². The lowest BCUT2D eigenvalue weighted by atomic mass is 10.1. The zero-order valence-corrected chi connectivity index (χ0v) is 18.8. The highest BCUT2D eigenvalue weighted by atomic mass is 79.9. The fraction of sp³-hybridized carbons (Fsp3) is 1.00. The number of hydrogen-bond donors (Lipinski definition) is 1. The van der Waals surface area contributed by atoms with Crippen LogP contribution >= 0.6 is 0 Å². The van der Waals surface area contributed by atoms with Gasteiger partial charge in [0.2, 0.25) is 0 Å². The molecule has 0 radical (unpaired) electrons. The molecular formula is C18H44BrClN2. The first-order chi connectivity index (χ1) is 9.29. The summed E-state index contributed by atoms with van der Waals surface area (Å²) in [7, 11) is 13.1. The molecule has 0 aliphatic carbocycles. The lowest BCUT2D eigenvalue weighted by molar-refractivity contribution is -0.870. The smallest absolute Gasteiger partial charge is 0.0780 e. The van der Waals surface area contributed by atoms with Crippen LogP contribution in [0.3, 0.4) is 0 Å². The minimum absolute atomic E-state index is 0. The van der Waals surface area contributed by atoms with Crippen LogP contribution in [0.2, 0.25) is 0 Å². The first kappa shape index (κ1) is 30.6. The highest BCUT2D eigenvalue weighted by Gasteiger charge is 2.04. The van der Waals surface area contributed by atoms with Crippen LogP contribution in [0, 0.1) is 0 Å². The Kier molecular flexibility index (Phi) is 30.1. The summed E-state index contributed by atoms with van der Waals surface area (Å²) in [5, 5.41) is 0. The van der Waals surface area contributed by atoms with Crippen molar-refractivity contribution in [3.05, 3.63) is 0 Å². The molecule has 22 heavy (non-hydrogen) atoms. The van der Waals surface area contributed by atoms with E-state index in [1.165, 1.54) is 75.7 Å². The first-order valence-electron chi connectivity index (χ1n) is 8.86. The van der Waals surface area contributed by atoms with Gasteiger partial charge in [0.05, 0.1) is 48.8 Å². The van der Waals surface area contributed by atoms with Crippen molar-refractivity contribution in [1.29, 1.82) is 0 Å². The van der Waals surface area contributed by atoms with Crippen molar-refractivity contribution in [3.8, 4) is 0 Å². The van der Waals surface area contributed by atoms with E-state index in [4.69, 9.17) is 0 Å². The molecule has 0 unspecified atom stereocenters. The van der Waals surface area contributed by atoms with Gasteiger partial charge in [0.1, 0.15) is 0 Å². The number of unbranched alkanes of at least 4 members (excludes halogenated alkanes) is 9. The van der Waals surface area contributed by atoms with Crippen molar-refractivity contribution in [2.75, 3.05) is 48.8 Å². The maximum absolute atomic E-state index is 2.29. The lowest BCUT2D eigenvalue weighted by Crippen LogP contribution is -3.02. The van der Waals surface area contributed by atoms with Crippen molar-refractivity contribution in [2.45, 2.75) is 71.1 Å². The lowest BCUT2D eigenvalue weighted by Gasteiger charge is -2.23. The molecule has 0 aliphatic rings. The fourth-order valence-corrected chi connectivity index (χ4v) is 2.07. The summed E-state index contributed by atoms with van der Waals surface area (Å²) in [6.45, 7) is 3.62. The molecule has 0 saturated carbocycles. The third-order valence-corrected chi connectivity index (χ3v) is 3.18. The maximum atomic E-state index is 2.29. The highest BCUT2D eigenvalue weighted by Crippen LogP contribution is 2.10. The Morgan fingerprint density at radius 1 is 0.636 bits per heavy atom. The van der Waals surface area contributed by atoms with Gasteiger partial charge in [-0.3, -0.25) is 0 Å². The summed E-state index contributed by atoms with van der Waals surface area (Å²) >= 11 is 0. The Hall–Kier alpha value is 0.690. The number of nitrogens with zero attached hydrogens (tertiary/aromatic N) is 1. The maximum Gasteiger partial charge on any atom is 0.0780 e. The van der Waals surface area contributed by atoms with E-state index in [1.54, 1.807) is 0 Å². The largest absolute Gasteiger partial charge is 1.00 e. The van der Waals surface area contributed by atoms with E-state index < -0.39 is 0 Å². The average Bonchev–Trinajstić information content (AvgIpc) is 2.29. The summed E-state index contributed by atoms with van der Waals surface area (Å²) in [6.07, 6.45) is 14.4. The van der Waals surface area contributed by atoms with Crippen LogP contribution in [0.4, 0.5) is 0 Å². The molecule has 0 amide bonds. The van der Waals surface area contributed by atoms with Crippen LogP contribution in [0.5, 0.6) is 0 Å². The summed E-state index contributed by atoms with van der Waals surface area (Å²) in [5.41, 5.74) is 0. The molecule has 0 bridgehead atoms. The summed E-state index contributed by atoms with van der Waals surface area (Å²) in [4.78, 5) is 1.42. The van der Waals surface area contributed by atoms with Gasteiger partial charge in [-0.2, -0.15) is 0 Å². The van der Waals surface area contributed by atoms with Crippen LogP contribution < -0.4 is 34.3 Å². The van der Waals surface area contributed by atoms with Gasteiger partial charge in [0.15, 0.2) is 0 Å². The average molecular weight is 404 g/mol. The van der Waals surface area contributed by atoms with Crippen molar-refractivity contribution in [2.24, 2.45) is 0 Å². The Bertz CT molecular complexity index is 180. The molecule has 0 saturated heterocycles. The summed E-state index contributed by atoms with van der Waals surface area (Å²) in [5.74, 6) is 0. The van der Waals surface area contributed by atoms with Crippen LogP contribution in [0.15, 0.2) is 0 Å². The SMILES string of the molecule is CCCCCCCCCCCC[N+](C)(C)C.C[NH+](C)C.[Br-].[Cl-]. The number of halogens is 2. The second-order valence-electron chi connectivity index (χ2n) is 7.70. The molecule has 0 heterocycles. The zero-order valence-electron chi connectivity index (χ0n) is 16.5. The predicted octanol–water partition coefficient (Wildman–Crippen LogP) is -2.62. The van der Waals surface area contributed by atoms with Crippen molar-refractivity contribution in [1.82, 2.24) is 0 Å². The first-order valence-corrected chi connectivity index (χ1v) is 8.86. The Morgan fingerprint density at radius 3 is 1.18 bits per heavy atom. The van der Waals surface area contributed by atoms with Crippen molar-refractivity contribution >= 4 is 0 Å². The topological polar surface area (TPSA) is 4.44 Å². The molecule has 0 fully saturated rings.